The first-order valence-corrected chi connectivity index (χ1v) is 8.22. The van der Waals surface area contributed by atoms with E-state index in [2.05, 4.69) is 4.72 Å². The third-order valence-corrected chi connectivity index (χ3v) is 4.24. The molecule has 1 aromatic carbocycles. The summed E-state index contributed by atoms with van der Waals surface area (Å²) < 4.78 is 31.4. The smallest absolute Gasteiger partial charge is 0.234 e. The van der Waals surface area contributed by atoms with Crippen LogP contribution in [0.2, 0.25) is 0 Å². The van der Waals surface area contributed by atoms with Crippen LogP contribution in [0, 0.1) is 0 Å². The average Bonchev–Trinajstić information content (AvgIpc) is 2.38. The van der Waals surface area contributed by atoms with Gasteiger partial charge in [0, 0.05) is 11.7 Å². The Morgan fingerprint density at radius 1 is 1.25 bits per heavy atom. The van der Waals surface area contributed by atoms with Gasteiger partial charge in [0.25, 0.3) is 0 Å². The molecular formula is C13H23N3O3S. The van der Waals surface area contributed by atoms with Crippen LogP contribution in [0.4, 0.5) is 5.69 Å². The van der Waals surface area contributed by atoms with Crippen LogP contribution in [0.5, 0.6) is 5.75 Å². The van der Waals surface area contributed by atoms with E-state index in [1.807, 2.05) is 0 Å². The zero-order valence-corrected chi connectivity index (χ0v) is 12.5. The molecule has 20 heavy (non-hydrogen) atoms. The third kappa shape index (κ3) is 6.23. The first-order chi connectivity index (χ1) is 9.46. The second kappa shape index (κ2) is 8.08. The normalized spacial score (nSPS) is 12.9. The van der Waals surface area contributed by atoms with Crippen LogP contribution in [-0.2, 0) is 10.0 Å². The molecule has 0 aliphatic carbocycles. The Balaban J connectivity index is 2.51. The Morgan fingerprint density at radius 2 is 1.90 bits per heavy atom. The van der Waals surface area contributed by atoms with Crippen LogP contribution >= 0.6 is 0 Å². The van der Waals surface area contributed by atoms with Gasteiger partial charge in [0.15, 0.2) is 0 Å². The number of sulfonamides is 1. The van der Waals surface area contributed by atoms with Crippen molar-refractivity contribution in [2.24, 2.45) is 11.5 Å². The van der Waals surface area contributed by atoms with E-state index < -0.39 is 10.0 Å². The van der Waals surface area contributed by atoms with Gasteiger partial charge in [0.2, 0.25) is 10.0 Å². The van der Waals surface area contributed by atoms with E-state index in [4.69, 9.17) is 16.2 Å². The molecule has 1 unspecified atom stereocenters. The van der Waals surface area contributed by atoms with Crippen molar-refractivity contribution in [1.29, 1.82) is 0 Å². The maximum atomic E-state index is 12.0. The molecule has 0 spiro atoms. The largest absolute Gasteiger partial charge is 0.497 e. The number of benzene rings is 1. The number of hydrogen-bond donors (Lipinski definition) is 3. The Bertz CT molecular complexity index is 488. The van der Waals surface area contributed by atoms with Crippen LogP contribution in [0.3, 0.4) is 0 Å². The highest BCUT2D eigenvalue weighted by atomic mass is 32.2. The molecule has 1 rings (SSSR count). The number of nitrogens with two attached hydrogens (primary N) is 2. The molecule has 0 saturated carbocycles. The zero-order valence-electron chi connectivity index (χ0n) is 11.7. The first kappa shape index (κ1) is 16.7. The average molecular weight is 301 g/mol. The summed E-state index contributed by atoms with van der Waals surface area (Å²) in [6.45, 7) is 0.601. The molecule has 0 aromatic heterocycles. The van der Waals surface area contributed by atoms with Crippen molar-refractivity contribution in [3.05, 3.63) is 24.3 Å². The Kier molecular flexibility index (Phi) is 6.77. The fourth-order valence-electron chi connectivity index (χ4n) is 1.80. The highest BCUT2D eigenvalue weighted by Gasteiger charge is 2.15. The molecule has 114 valence electrons. The van der Waals surface area contributed by atoms with Crippen LogP contribution in [0.15, 0.2) is 24.3 Å². The van der Waals surface area contributed by atoms with Crippen molar-refractivity contribution >= 4 is 15.7 Å². The number of rotatable bonds is 9. The number of ether oxygens (including phenoxy) is 1. The van der Waals surface area contributed by atoms with E-state index >= 15 is 0 Å². The molecule has 0 radical (unpaired) electrons. The molecule has 1 aromatic rings. The van der Waals surface area contributed by atoms with E-state index in [0.717, 1.165) is 12.8 Å². The molecule has 0 saturated heterocycles. The summed E-state index contributed by atoms with van der Waals surface area (Å²) in [5.41, 5.74) is 11.7. The van der Waals surface area contributed by atoms with Gasteiger partial charge in [-0.1, -0.05) is 6.42 Å². The van der Waals surface area contributed by atoms with Crippen molar-refractivity contribution < 1.29 is 13.2 Å². The molecule has 5 N–H and O–H groups in total. The van der Waals surface area contributed by atoms with Gasteiger partial charge in [-0.25, -0.2) is 8.42 Å². The molecule has 1 atom stereocenters. The van der Waals surface area contributed by atoms with E-state index in [-0.39, 0.29) is 11.8 Å². The van der Waals surface area contributed by atoms with Gasteiger partial charge in [-0.05, 0) is 43.7 Å². The lowest BCUT2D eigenvalue weighted by atomic mass is 10.1. The summed E-state index contributed by atoms with van der Waals surface area (Å²) in [5, 5.41) is 0. The summed E-state index contributed by atoms with van der Waals surface area (Å²) in [5.74, 6) is 0.579. The minimum absolute atomic E-state index is 0.0937. The lowest BCUT2D eigenvalue weighted by Gasteiger charge is -2.13. The van der Waals surface area contributed by atoms with Gasteiger partial charge >= 0.3 is 0 Å². The topological polar surface area (TPSA) is 107 Å². The molecule has 7 heteroatoms. The van der Waals surface area contributed by atoms with Gasteiger partial charge < -0.3 is 16.2 Å². The van der Waals surface area contributed by atoms with Crippen LogP contribution in [0.25, 0.3) is 0 Å². The Hall–Kier alpha value is -1.31. The zero-order chi connectivity index (χ0) is 15.0. The van der Waals surface area contributed by atoms with E-state index in [9.17, 15) is 8.42 Å². The summed E-state index contributed by atoms with van der Waals surface area (Å²) in [6, 6.07) is 6.31. The Morgan fingerprint density at radius 3 is 2.45 bits per heavy atom. The lowest BCUT2D eigenvalue weighted by molar-refractivity contribution is 0.415. The molecule has 0 fully saturated rings. The van der Waals surface area contributed by atoms with E-state index in [1.165, 1.54) is 0 Å². The van der Waals surface area contributed by atoms with E-state index in [1.54, 1.807) is 31.4 Å². The van der Waals surface area contributed by atoms with Crippen molar-refractivity contribution in [2.45, 2.75) is 25.3 Å². The molecule has 0 amide bonds. The fraction of sp³-hybridized carbons (Fsp3) is 0.538. The summed E-state index contributed by atoms with van der Waals surface area (Å²) in [7, 11) is -1.88. The molecule has 0 heterocycles. The Labute approximate surface area is 120 Å². The van der Waals surface area contributed by atoms with Gasteiger partial charge in [0.05, 0.1) is 12.9 Å². The number of nitrogens with one attached hydrogen (secondary N) is 1. The predicted octanol–water partition coefficient (Wildman–Crippen LogP) is 0.893. The summed E-state index contributed by atoms with van der Waals surface area (Å²) in [6.07, 6.45) is 2.36. The quantitative estimate of drug-likeness (QED) is 0.587. The minimum Gasteiger partial charge on any atom is -0.497 e. The number of unbranched alkanes of at least 4 members (excludes halogenated alkanes) is 1. The first-order valence-electron chi connectivity index (χ1n) is 6.57. The number of anilines is 1. The maximum absolute atomic E-state index is 12.0. The maximum Gasteiger partial charge on any atom is 0.234 e. The third-order valence-electron chi connectivity index (χ3n) is 2.83. The monoisotopic (exact) mass is 301 g/mol. The lowest BCUT2D eigenvalue weighted by Crippen LogP contribution is -2.32. The van der Waals surface area contributed by atoms with Gasteiger partial charge in [0.1, 0.15) is 5.75 Å². The minimum atomic E-state index is -3.44. The second-order valence-electron chi connectivity index (χ2n) is 4.66. The van der Waals surface area contributed by atoms with Gasteiger partial charge in [-0.3, -0.25) is 4.72 Å². The van der Waals surface area contributed by atoms with Crippen LogP contribution in [-0.4, -0.2) is 33.9 Å². The predicted molar refractivity (Wildman–Crippen MR) is 81.3 cm³/mol. The SMILES string of the molecule is COc1ccc(NS(=O)(=O)CC(N)CCCCN)cc1. The summed E-state index contributed by atoms with van der Waals surface area (Å²) >= 11 is 0. The molecular weight excluding hydrogens is 278 g/mol. The van der Waals surface area contributed by atoms with Crippen LogP contribution < -0.4 is 20.9 Å². The van der Waals surface area contributed by atoms with Gasteiger partial charge in [-0.2, -0.15) is 0 Å². The highest BCUT2D eigenvalue weighted by molar-refractivity contribution is 7.92. The molecule has 6 nitrogen and oxygen atoms in total. The van der Waals surface area contributed by atoms with Crippen molar-refractivity contribution in [3.63, 3.8) is 0 Å². The summed E-state index contributed by atoms with van der Waals surface area (Å²) in [4.78, 5) is 0. The fourth-order valence-corrected chi connectivity index (χ4v) is 3.11. The van der Waals surface area contributed by atoms with Crippen molar-refractivity contribution in [1.82, 2.24) is 0 Å². The van der Waals surface area contributed by atoms with Gasteiger partial charge in [-0.15, -0.1) is 0 Å². The van der Waals surface area contributed by atoms with Crippen molar-refractivity contribution in [3.8, 4) is 5.75 Å². The molecule has 0 aliphatic rings. The van der Waals surface area contributed by atoms with Crippen LogP contribution in [0.1, 0.15) is 19.3 Å². The highest BCUT2D eigenvalue weighted by Crippen LogP contribution is 2.16. The second-order valence-corrected chi connectivity index (χ2v) is 6.42. The molecule has 0 aliphatic heterocycles. The molecule has 0 bridgehead atoms. The van der Waals surface area contributed by atoms with Crippen molar-refractivity contribution in [2.75, 3.05) is 24.1 Å². The standard InChI is InChI=1S/C13H23N3O3S/c1-19-13-7-5-12(6-8-13)16-20(17,18)10-11(15)4-2-3-9-14/h5-8,11,16H,2-4,9-10,14-15H2,1H3. The number of hydrogen-bond acceptors (Lipinski definition) is 5. The van der Waals surface area contributed by atoms with E-state index in [0.29, 0.717) is 24.4 Å². The number of methoxy groups -OCH3 is 1.